The molecule has 0 aliphatic rings. The minimum absolute atomic E-state index is 0.0186. The van der Waals surface area contributed by atoms with Crippen LogP contribution in [0.15, 0.2) is 30.3 Å². The van der Waals surface area contributed by atoms with Gasteiger partial charge in [-0.3, -0.25) is 4.79 Å². The van der Waals surface area contributed by atoms with Gasteiger partial charge in [0.2, 0.25) is 0 Å². The van der Waals surface area contributed by atoms with E-state index in [0.29, 0.717) is 17.2 Å². The number of benzene rings is 2. The van der Waals surface area contributed by atoms with E-state index < -0.39 is 30.1 Å². The zero-order chi connectivity index (χ0) is 20.2. The fraction of sp³-hybridized carbons (Fsp3) is 0.400. The quantitative estimate of drug-likeness (QED) is 0.637. The number of phenolic OH excluding ortho intramolecular Hbond substituents is 2. The molecule has 1 unspecified atom stereocenters. The molecule has 0 saturated heterocycles. The molecule has 0 aliphatic carbocycles. The van der Waals surface area contributed by atoms with Crippen LogP contribution in [0.2, 0.25) is 0 Å². The average Bonchev–Trinajstić information content (AvgIpc) is 2.64. The zero-order valence-electron chi connectivity index (χ0n) is 15.6. The van der Waals surface area contributed by atoms with E-state index >= 15 is 0 Å². The Morgan fingerprint density at radius 1 is 1.07 bits per heavy atom. The molecule has 1 atom stereocenters. The lowest BCUT2D eigenvalue weighted by molar-refractivity contribution is -0.157. The number of fused-ring (bicyclic) bond motifs is 1. The maximum absolute atomic E-state index is 12.2. The molecular weight excluding hydrogens is 352 g/mol. The summed E-state index contributed by atoms with van der Waals surface area (Å²) < 4.78 is 10.0. The molecule has 0 heterocycles. The van der Waals surface area contributed by atoms with Crippen molar-refractivity contribution in [1.82, 2.24) is 0 Å². The Kier molecular flexibility index (Phi) is 6.28. The van der Waals surface area contributed by atoms with E-state index in [1.54, 1.807) is 26.0 Å². The van der Waals surface area contributed by atoms with Crippen LogP contribution >= 0.6 is 0 Å². The van der Waals surface area contributed by atoms with Gasteiger partial charge in [0.1, 0.15) is 36.4 Å². The molecule has 146 valence electrons. The normalized spacial score (nSPS) is 12.6. The second-order valence-electron chi connectivity index (χ2n) is 6.96. The number of aliphatic hydroxyl groups is 1. The minimum Gasteiger partial charge on any atom is -0.507 e. The van der Waals surface area contributed by atoms with Gasteiger partial charge in [-0.15, -0.1) is 0 Å². The van der Waals surface area contributed by atoms with Crippen LogP contribution in [0.4, 0.5) is 0 Å². The van der Waals surface area contributed by atoms with Crippen molar-refractivity contribution in [3.63, 3.8) is 0 Å². The summed E-state index contributed by atoms with van der Waals surface area (Å²) in [5.41, 5.74) is -0.747. The van der Waals surface area contributed by atoms with E-state index in [1.807, 2.05) is 6.92 Å². The molecule has 0 saturated carbocycles. The van der Waals surface area contributed by atoms with E-state index in [9.17, 15) is 24.9 Å². The third-order valence-electron chi connectivity index (χ3n) is 4.44. The van der Waals surface area contributed by atoms with Crippen molar-refractivity contribution in [2.75, 3.05) is 13.2 Å². The molecule has 2 rings (SSSR count). The lowest BCUT2D eigenvalue weighted by Gasteiger charge is -2.21. The average molecular weight is 376 g/mol. The Bertz CT molecular complexity index is 842. The van der Waals surface area contributed by atoms with Crippen molar-refractivity contribution < 1.29 is 34.4 Å². The first-order chi connectivity index (χ1) is 12.7. The van der Waals surface area contributed by atoms with Crippen LogP contribution in [0.25, 0.3) is 10.8 Å². The molecule has 0 radical (unpaired) electrons. The van der Waals surface area contributed by atoms with Crippen molar-refractivity contribution in [1.29, 1.82) is 0 Å². The monoisotopic (exact) mass is 376 g/mol. The molecule has 0 fully saturated rings. The van der Waals surface area contributed by atoms with Gasteiger partial charge in [0, 0.05) is 5.39 Å². The topological polar surface area (TPSA) is 113 Å². The highest BCUT2D eigenvalue weighted by Gasteiger charge is 2.27. The second kappa shape index (κ2) is 8.26. The first-order valence-corrected chi connectivity index (χ1v) is 8.63. The highest BCUT2D eigenvalue weighted by Crippen LogP contribution is 2.31. The predicted molar refractivity (Wildman–Crippen MR) is 98.6 cm³/mol. The highest BCUT2D eigenvalue weighted by molar-refractivity contribution is 6.00. The highest BCUT2D eigenvalue weighted by atomic mass is 16.6. The third kappa shape index (κ3) is 4.89. The van der Waals surface area contributed by atoms with Crippen molar-refractivity contribution in [3.8, 4) is 11.5 Å². The summed E-state index contributed by atoms with van der Waals surface area (Å²) in [4.78, 5) is 24.0. The minimum atomic E-state index is -1.18. The predicted octanol–water partition coefficient (Wildman–Crippen LogP) is 2.75. The molecule has 0 spiro atoms. The second-order valence-corrected chi connectivity index (χ2v) is 6.96. The molecule has 2 aromatic carbocycles. The smallest absolute Gasteiger partial charge is 0.342 e. The van der Waals surface area contributed by atoms with Gasteiger partial charge >= 0.3 is 11.9 Å². The van der Waals surface area contributed by atoms with Gasteiger partial charge in [0.15, 0.2) is 0 Å². The molecule has 0 aromatic heterocycles. The van der Waals surface area contributed by atoms with Crippen molar-refractivity contribution in [2.24, 2.45) is 5.41 Å². The number of carbonyl (C=O) groups excluding carboxylic acids is 2. The Morgan fingerprint density at radius 3 is 2.41 bits per heavy atom. The Labute approximate surface area is 157 Å². The van der Waals surface area contributed by atoms with Crippen molar-refractivity contribution in [2.45, 2.75) is 33.3 Å². The number of hydrogen-bond donors (Lipinski definition) is 3. The molecule has 0 amide bonds. The maximum Gasteiger partial charge on any atom is 0.342 e. The summed E-state index contributed by atoms with van der Waals surface area (Å²) >= 11 is 0. The van der Waals surface area contributed by atoms with Crippen LogP contribution < -0.4 is 0 Å². The Balaban J connectivity index is 1.96. The fourth-order valence-corrected chi connectivity index (χ4v) is 2.27. The van der Waals surface area contributed by atoms with Crippen LogP contribution in [0.1, 0.15) is 37.6 Å². The van der Waals surface area contributed by atoms with Gasteiger partial charge in [-0.05, 0) is 43.9 Å². The summed E-state index contributed by atoms with van der Waals surface area (Å²) in [5, 5.41) is 30.6. The molecule has 27 heavy (non-hydrogen) atoms. The van der Waals surface area contributed by atoms with Gasteiger partial charge in [-0.2, -0.15) is 0 Å². The number of aliphatic hydroxyl groups excluding tert-OH is 1. The standard InChI is InChI=1S/C20H24O7/c1-4-20(2,3)19(25)27-11-13(21)10-26-18(24)15-8-12-6-5-7-16(22)14(12)9-17(15)23/h5-9,13,21-23H,4,10-11H2,1-3H3. The summed E-state index contributed by atoms with van der Waals surface area (Å²) in [5.74, 6) is -1.64. The summed E-state index contributed by atoms with van der Waals surface area (Å²) in [6.45, 7) is 4.64. The lowest BCUT2D eigenvalue weighted by Crippen LogP contribution is -2.31. The summed E-state index contributed by atoms with van der Waals surface area (Å²) in [7, 11) is 0. The zero-order valence-corrected chi connectivity index (χ0v) is 15.6. The van der Waals surface area contributed by atoms with Crippen LogP contribution in [-0.4, -0.2) is 46.6 Å². The molecule has 0 bridgehead atoms. The molecular formula is C20H24O7. The fourth-order valence-electron chi connectivity index (χ4n) is 2.27. The van der Waals surface area contributed by atoms with Crippen LogP contribution in [0.5, 0.6) is 11.5 Å². The Hall–Kier alpha value is -2.80. The number of esters is 2. The van der Waals surface area contributed by atoms with Gasteiger partial charge in [0.25, 0.3) is 0 Å². The van der Waals surface area contributed by atoms with Crippen molar-refractivity contribution in [3.05, 3.63) is 35.9 Å². The van der Waals surface area contributed by atoms with Crippen LogP contribution in [-0.2, 0) is 14.3 Å². The number of aromatic hydroxyl groups is 2. The number of phenols is 2. The number of rotatable bonds is 7. The number of ether oxygens (including phenoxy) is 2. The first kappa shape index (κ1) is 20.5. The van der Waals surface area contributed by atoms with E-state index in [1.165, 1.54) is 18.2 Å². The van der Waals surface area contributed by atoms with E-state index in [-0.39, 0.29) is 23.7 Å². The van der Waals surface area contributed by atoms with Crippen LogP contribution in [0.3, 0.4) is 0 Å². The van der Waals surface area contributed by atoms with Gasteiger partial charge in [-0.1, -0.05) is 19.1 Å². The van der Waals surface area contributed by atoms with Gasteiger partial charge < -0.3 is 24.8 Å². The van der Waals surface area contributed by atoms with E-state index in [2.05, 4.69) is 0 Å². The Morgan fingerprint density at radius 2 is 1.74 bits per heavy atom. The van der Waals surface area contributed by atoms with E-state index in [4.69, 9.17) is 9.47 Å². The molecule has 7 nitrogen and oxygen atoms in total. The summed E-state index contributed by atoms with van der Waals surface area (Å²) in [6, 6.07) is 7.42. The van der Waals surface area contributed by atoms with Gasteiger partial charge in [-0.25, -0.2) is 4.79 Å². The van der Waals surface area contributed by atoms with Crippen LogP contribution in [0, 0.1) is 5.41 Å². The SMILES string of the molecule is CCC(C)(C)C(=O)OCC(O)COC(=O)c1cc2cccc(O)c2cc1O. The van der Waals surface area contributed by atoms with E-state index in [0.717, 1.165) is 0 Å². The first-order valence-electron chi connectivity index (χ1n) is 8.63. The largest absolute Gasteiger partial charge is 0.507 e. The molecule has 0 aliphatic heterocycles. The third-order valence-corrected chi connectivity index (χ3v) is 4.44. The maximum atomic E-state index is 12.2. The molecule has 7 heteroatoms. The summed E-state index contributed by atoms with van der Waals surface area (Å²) in [6.07, 6.45) is -0.592. The number of hydrogen-bond acceptors (Lipinski definition) is 7. The lowest BCUT2D eigenvalue weighted by atomic mass is 9.91. The van der Waals surface area contributed by atoms with Crippen molar-refractivity contribution >= 4 is 22.7 Å². The molecule has 3 N–H and O–H groups in total. The number of carbonyl (C=O) groups is 2. The molecule has 2 aromatic rings. The van der Waals surface area contributed by atoms with Gasteiger partial charge in [0.05, 0.1) is 5.41 Å².